The second-order valence-electron chi connectivity index (χ2n) is 5.09. The Labute approximate surface area is 136 Å². The van der Waals surface area contributed by atoms with Crippen LogP contribution >= 0.6 is 0 Å². The number of aromatic nitrogens is 2. The van der Waals surface area contributed by atoms with Gasteiger partial charge >= 0.3 is 0 Å². The van der Waals surface area contributed by atoms with E-state index in [9.17, 15) is 15.2 Å². The van der Waals surface area contributed by atoms with Gasteiger partial charge in [-0.3, -0.25) is 15.5 Å². The van der Waals surface area contributed by atoms with Gasteiger partial charge in [0, 0.05) is 18.7 Å². The number of aliphatic hydroxyl groups excluding tert-OH is 1. The Hall–Kier alpha value is -3.26. The van der Waals surface area contributed by atoms with Gasteiger partial charge in [0.25, 0.3) is 5.69 Å². The number of nitro groups is 1. The third-order valence-corrected chi connectivity index (χ3v) is 3.61. The standard InChI is InChI=1S/C16H15N5O3/c17-16-19(9-10-22)14-3-1-2-4-15(14)20(16)18-11-12-5-7-13(8-6-12)21(23)24/h1-8,11,17,22H,9-10H2. The fraction of sp³-hybridized carbons (Fsp3) is 0.125. The Kier molecular flexibility index (Phi) is 4.21. The Morgan fingerprint density at radius 3 is 2.46 bits per heavy atom. The van der Waals surface area contributed by atoms with Gasteiger partial charge in [0.15, 0.2) is 0 Å². The molecule has 0 amide bonds. The van der Waals surface area contributed by atoms with Gasteiger partial charge in [0.05, 0.1) is 28.8 Å². The lowest BCUT2D eigenvalue weighted by molar-refractivity contribution is -0.384. The van der Waals surface area contributed by atoms with E-state index in [1.165, 1.54) is 23.0 Å². The number of hydrogen-bond acceptors (Lipinski definition) is 5. The maximum Gasteiger partial charge on any atom is 0.269 e. The Morgan fingerprint density at radius 1 is 1.17 bits per heavy atom. The van der Waals surface area contributed by atoms with Crippen molar-refractivity contribution in [2.45, 2.75) is 6.54 Å². The molecule has 0 fully saturated rings. The van der Waals surface area contributed by atoms with Gasteiger partial charge < -0.3 is 9.67 Å². The zero-order valence-electron chi connectivity index (χ0n) is 12.7. The average Bonchev–Trinajstić information content (AvgIpc) is 2.86. The number of non-ortho nitro benzene ring substituents is 1. The minimum absolute atomic E-state index is 0.0144. The fourth-order valence-electron chi connectivity index (χ4n) is 2.46. The van der Waals surface area contributed by atoms with Crippen LogP contribution in [0, 0.1) is 15.5 Å². The molecule has 0 aliphatic heterocycles. The molecule has 0 saturated heterocycles. The van der Waals surface area contributed by atoms with Gasteiger partial charge in [-0.25, -0.2) is 0 Å². The third-order valence-electron chi connectivity index (χ3n) is 3.61. The second kappa shape index (κ2) is 6.47. The summed E-state index contributed by atoms with van der Waals surface area (Å²) in [4.78, 5) is 10.2. The molecule has 0 spiro atoms. The smallest absolute Gasteiger partial charge is 0.269 e. The molecule has 0 unspecified atom stereocenters. The number of imidazole rings is 1. The number of hydrogen-bond donors (Lipinski definition) is 2. The zero-order chi connectivity index (χ0) is 17.1. The Balaban J connectivity index is 2.02. The van der Waals surface area contributed by atoms with Gasteiger partial charge in [0.1, 0.15) is 0 Å². The first-order chi connectivity index (χ1) is 11.6. The molecular formula is C16H15N5O3. The molecule has 0 aliphatic carbocycles. The van der Waals surface area contributed by atoms with Gasteiger partial charge in [-0.15, -0.1) is 0 Å². The average molecular weight is 325 g/mol. The lowest BCUT2D eigenvalue weighted by Gasteiger charge is -1.99. The summed E-state index contributed by atoms with van der Waals surface area (Å²) in [6, 6.07) is 13.4. The summed E-state index contributed by atoms with van der Waals surface area (Å²) in [5, 5.41) is 32.4. The molecule has 2 aromatic carbocycles. The van der Waals surface area contributed by atoms with Crippen LogP contribution in [0.15, 0.2) is 53.6 Å². The van der Waals surface area contributed by atoms with Crippen LogP contribution < -0.4 is 5.62 Å². The summed E-state index contributed by atoms with van der Waals surface area (Å²) in [7, 11) is 0. The third kappa shape index (κ3) is 2.82. The van der Waals surface area contributed by atoms with Gasteiger partial charge in [-0.1, -0.05) is 12.1 Å². The number of fused-ring (bicyclic) bond motifs is 1. The number of rotatable bonds is 5. The van der Waals surface area contributed by atoms with Crippen molar-refractivity contribution in [2.75, 3.05) is 6.61 Å². The van der Waals surface area contributed by atoms with Crippen molar-refractivity contribution >= 4 is 22.9 Å². The topological polar surface area (TPSA) is 109 Å². The number of benzene rings is 2. The molecule has 0 bridgehead atoms. The van der Waals surface area contributed by atoms with E-state index in [4.69, 9.17) is 5.41 Å². The SMILES string of the molecule is N=c1n(CCO)c2ccccc2n1N=Cc1ccc([N+](=O)[O-])cc1. The number of aliphatic hydroxyl groups is 1. The summed E-state index contributed by atoms with van der Waals surface area (Å²) < 4.78 is 3.13. The molecule has 1 aromatic heterocycles. The van der Waals surface area contributed by atoms with Crippen LogP contribution in [0.5, 0.6) is 0 Å². The first kappa shape index (κ1) is 15.6. The molecule has 0 aliphatic rings. The maximum absolute atomic E-state index is 10.7. The van der Waals surface area contributed by atoms with E-state index in [2.05, 4.69) is 5.10 Å². The summed E-state index contributed by atoms with van der Waals surface area (Å²) in [6.07, 6.45) is 1.54. The lowest BCUT2D eigenvalue weighted by atomic mass is 10.2. The quantitative estimate of drug-likeness (QED) is 0.423. The number of para-hydroxylation sites is 2. The van der Waals surface area contributed by atoms with E-state index in [1.54, 1.807) is 16.7 Å². The van der Waals surface area contributed by atoms with Gasteiger partial charge in [0.2, 0.25) is 5.62 Å². The maximum atomic E-state index is 10.7. The highest BCUT2D eigenvalue weighted by Crippen LogP contribution is 2.13. The number of nitro benzene ring substituents is 1. The molecule has 8 heteroatoms. The molecule has 0 saturated carbocycles. The summed E-state index contributed by atoms with van der Waals surface area (Å²) in [6.45, 7) is 0.232. The predicted molar refractivity (Wildman–Crippen MR) is 89.0 cm³/mol. The highest BCUT2D eigenvalue weighted by atomic mass is 16.6. The van der Waals surface area contributed by atoms with Crippen LogP contribution in [0.25, 0.3) is 11.0 Å². The van der Waals surface area contributed by atoms with Crippen molar-refractivity contribution in [1.82, 2.24) is 9.24 Å². The highest BCUT2D eigenvalue weighted by molar-refractivity contribution is 5.81. The second-order valence-corrected chi connectivity index (χ2v) is 5.09. The molecule has 0 radical (unpaired) electrons. The first-order valence-electron chi connectivity index (χ1n) is 7.26. The van der Waals surface area contributed by atoms with Crippen LogP contribution in [-0.4, -0.2) is 32.1 Å². The highest BCUT2D eigenvalue weighted by Gasteiger charge is 2.09. The fourth-order valence-corrected chi connectivity index (χ4v) is 2.46. The molecular weight excluding hydrogens is 310 g/mol. The molecule has 122 valence electrons. The number of nitrogens with one attached hydrogen (secondary N) is 1. The Bertz CT molecular complexity index is 970. The van der Waals surface area contributed by atoms with E-state index < -0.39 is 4.92 Å². The van der Waals surface area contributed by atoms with E-state index in [0.717, 1.165) is 11.0 Å². The first-order valence-corrected chi connectivity index (χ1v) is 7.26. The van der Waals surface area contributed by atoms with E-state index in [1.807, 2.05) is 24.3 Å². The molecule has 0 atom stereocenters. The molecule has 3 rings (SSSR count). The predicted octanol–water partition coefficient (Wildman–Crippen LogP) is 1.70. The van der Waals surface area contributed by atoms with Crippen molar-refractivity contribution < 1.29 is 10.0 Å². The van der Waals surface area contributed by atoms with Crippen molar-refractivity contribution in [3.8, 4) is 0 Å². The summed E-state index contributed by atoms with van der Waals surface area (Å²) in [5.74, 6) is 0. The zero-order valence-corrected chi connectivity index (χ0v) is 12.7. The molecule has 24 heavy (non-hydrogen) atoms. The van der Waals surface area contributed by atoms with E-state index >= 15 is 0 Å². The van der Waals surface area contributed by atoms with Crippen LogP contribution in [0.3, 0.4) is 0 Å². The van der Waals surface area contributed by atoms with Crippen LogP contribution in [0.4, 0.5) is 5.69 Å². The molecule has 3 aromatic rings. The molecule has 2 N–H and O–H groups in total. The van der Waals surface area contributed by atoms with Crippen molar-refractivity contribution in [3.05, 3.63) is 69.8 Å². The monoisotopic (exact) mass is 325 g/mol. The van der Waals surface area contributed by atoms with E-state index in [0.29, 0.717) is 12.1 Å². The van der Waals surface area contributed by atoms with Gasteiger partial charge in [-0.05, 0) is 29.8 Å². The van der Waals surface area contributed by atoms with E-state index in [-0.39, 0.29) is 17.9 Å². The lowest BCUT2D eigenvalue weighted by Crippen LogP contribution is -2.23. The van der Waals surface area contributed by atoms with Crippen LogP contribution in [0.1, 0.15) is 5.56 Å². The molecule has 1 heterocycles. The normalized spacial score (nSPS) is 11.4. The summed E-state index contributed by atoms with van der Waals surface area (Å²) >= 11 is 0. The largest absolute Gasteiger partial charge is 0.395 e. The van der Waals surface area contributed by atoms with Crippen LogP contribution in [0.2, 0.25) is 0 Å². The van der Waals surface area contributed by atoms with Crippen LogP contribution in [-0.2, 0) is 6.54 Å². The van der Waals surface area contributed by atoms with Crippen molar-refractivity contribution in [1.29, 1.82) is 5.41 Å². The minimum atomic E-state index is -0.458. The van der Waals surface area contributed by atoms with Crippen molar-refractivity contribution in [3.63, 3.8) is 0 Å². The minimum Gasteiger partial charge on any atom is -0.395 e. The Morgan fingerprint density at radius 2 is 1.83 bits per heavy atom. The molecule has 8 nitrogen and oxygen atoms in total. The van der Waals surface area contributed by atoms with Gasteiger partial charge in [-0.2, -0.15) is 9.78 Å². The summed E-state index contributed by atoms with van der Waals surface area (Å²) in [5.41, 5.74) is 2.39. The number of nitrogens with zero attached hydrogens (tertiary/aromatic N) is 4. The van der Waals surface area contributed by atoms with Crippen molar-refractivity contribution in [2.24, 2.45) is 5.10 Å².